The first-order chi connectivity index (χ1) is 7.17. The van der Waals surface area contributed by atoms with E-state index in [9.17, 15) is 4.79 Å². The minimum Gasteiger partial charge on any atom is -0.465 e. The van der Waals surface area contributed by atoms with Crippen LogP contribution in [0.15, 0.2) is 15.9 Å². The van der Waals surface area contributed by atoms with Crippen LogP contribution in [-0.4, -0.2) is 12.6 Å². The van der Waals surface area contributed by atoms with Gasteiger partial charge in [-0.2, -0.15) is 5.26 Å². The molecule has 0 aromatic carbocycles. The molecular formula is C10H10BrNO2S. The van der Waals surface area contributed by atoms with Gasteiger partial charge >= 0.3 is 5.97 Å². The van der Waals surface area contributed by atoms with Gasteiger partial charge in [0, 0.05) is 21.2 Å². The molecular weight excluding hydrogens is 278 g/mol. The number of nitriles is 1. The van der Waals surface area contributed by atoms with Gasteiger partial charge in [0.25, 0.3) is 0 Å². The fourth-order valence-electron chi connectivity index (χ4n) is 1.09. The fourth-order valence-corrected chi connectivity index (χ4v) is 2.58. The van der Waals surface area contributed by atoms with E-state index in [0.717, 1.165) is 9.35 Å². The van der Waals surface area contributed by atoms with Gasteiger partial charge in [-0.1, -0.05) is 0 Å². The minimum absolute atomic E-state index is 0.311. The maximum absolute atomic E-state index is 11.3. The van der Waals surface area contributed by atoms with Crippen LogP contribution in [0.5, 0.6) is 0 Å². The van der Waals surface area contributed by atoms with Crippen molar-refractivity contribution in [3.63, 3.8) is 0 Å². The molecule has 1 aromatic heterocycles. The molecule has 0 N–H and O–H groups in total. The number of carbonyl (C=O) groups is 1. The Hall–Kier alpha value is -0.860. The Labute approximate surface area is 101 Å². The smallest absolute Gasteiger partial charge is 0.323 e. The summed E-state index contributed by atoms with van der Waals surface area (Å²) in [7, 11) is 0. The van der Waals surface area contributed by atoms with E-state index in [1.807, 2.05) is 17.5 Å². The summed E-state index contributed by atoms with van der Waals surface area (Å²) in [4.78, 5) is 12.3. The molecule has 0 saturated carbocycles. The van der Waals surface area contributed by atoms with E-state index in [1.165, 1.54) is 11.3 Å². The van der Waals surface area contributed by atoms with Crippen molar-refractivity contribution in [3.05, 3.63) is 20.8 Å². The van der Waals surface area contributed by atoms with Gasteiger partial charge in [0.05, 0.1) is 12.7 Å². The van der Waals surface area contributed by atoms with Crippen molar-refractivity contribution in [1.82, 2.24) is 0 Å². The van der Waals surface area contributed by atoms with E-state index in [-0.39, 0.29) is 0 Å². The second kappa shape index (κ2) is 5.89. The van der Waals surface area contributed by atoms with Gasteiger partial charge in [0.15, 0.2) is 0 Å². The molecule has 80 valence electrons. The monoisotopic (exact) mass is 287 g/mol. The largest absolute Gasteiger partial charge is 0.465 e. The predicted molar refractivity (Wildman–Crippen MR) is 61.5 cm³/mol. The maximum Gasteiger partial charge on any atom is 0.323 e. The average molecular weight is 288 g/mol. The molecule has 1 rings (SSSR count). The molecule has 0 radical (unpaired) electrons. The lowest BCUT2D eigenvalue weighted by Gasteiger charge is -2.06. The van der Waals surface area contributed by atoms with E-state index in [2.05, 4.69) is 15.9 Å². The molecule has 0 fully saturated rings. The Morgan fingerprint density at radius 3 is 3.00 bits per heavy atom. The first kappa shape index (κ1) is 12.2. The molecule has 1 unspecified atom stereocenters. The first-order valence-electron chi connectivity index (χ1n) is 4.46. The van der Waals surface area contributed by atoms with Crippen molar-refractivity contribution in [1.29, 1.82) is 5.26 Å². The zero-order valence-electron chi connectivity index (χ0n) is 8.20. The normalized spacial score (nSPS) is 11.8. The van der Waals surface area contributed by atoms with E-state index in [4.69, 9.17) is 10.00 Å². The number of carbonyl (C=O) groups excluding carboxylic acids is 1. The van der Waals surface area contributed by atoms with Crippen molar-refractivity contribution < 1.29 is 9.53 Å². The highest BCUT2D eigenvalue weighted by Crippen LogP contribution is 2.22. The number of halogens is 1. The van der Waals surface area contributed by atoms with Gasteiger partial charge in [-0.15, -0.1) is 11.3 Å². The molecule has 3 nitrogen and oxygen atoms in total. The number of nitrogens with zero attached hydrogens (tertiary/aromatic N) is 1. The summed E-state index contributed by atoms with van der Waals surface area (Å²) >= 11 is 4.85. The Kier molecular flexibility index (Phi) is 4.79. The second-order valence-electron chi connectivity index (χ2n) is 2.87. The highest BCUT2D eigenvalue weighted by atomic mass is 79.9. The van der Waals surface area contributed by atoms with Crippen LogP contribution >= 0.6 is 27.3 Å². The SMILES string of the molecule is CCOC(=O)C(C#N)Cc1cc(Br)cs1. The average Bonchev–Trinajstić information content (AvgIpc) is 2.61. The molecule has 1 atom stereocenters. The van der Waals surface area contributed by atoms with E-state index >= 15 is 0 Å². The molecule has 0 saturated heterocycles. The quantitative estimate of drug-likeness (QED) is 0.800. The zero-order chi connectivity index (χ0) is 11.3. The standard InChI is InChI=1S/C10H10BrNO2S/c1-2-14-10(13)7(5-12)3-9-4-8(11)6-15-9/h4,6-7H,2-3H2,1H3. The van der Waals surface area contributed by atoms with Crippen LogP contribution in [0.2, 0.25) is 0 Å². The van der Waals surface area contributed by atoms with Gasteiger partial charge in [0.2, 0.25) is 0 Å². The zero-order valence-corrected chi connectivity index (χ0v) is 10.6. The molecule has 5 heteroatoms. The molecule has 0 aliphatic carbocycles. The second-order valence-corrected chi connectivity index (χ2v) is 4.78. The summed E-state index contributed by atoms with van der Waals surface area (Å²) in [6.45, 7) is 2.04. The molecule has 1 aromatic rings. The van der Waals surface area contributed by atoms with Crippen LogP contribution in [0.1, 0.15) is 11.8 Å². The molecule has 0 spiro atoms. The summed E-state index contributed by atoms with van der Waals surface area (Å²) in [5.74, 6) is -1.14. The molecule has 15 heavy (non-hydrogen) atoms. The number of ether oxygens (including phenoxy) is 1. The van der Waals surface area contributed by atoms with Crippen LogP contribution < -0.4 is 0 Å². The van der Waals surface area contributed by atoms with E-state index < -0.39 is 11.9 Å². The lowest BCUT2D eigenvalue weighted by atomic mass is 10.1. The number of thiophene rings is 1. The van der Waals surface area contributed by atoms with Gasteiger partial charge in [0.1, 0.15) is 5.92 Å². The Morgan fingerprint density at radius 2 is 2.53 bits per heavy atom. The lowest BCUT2D eigenvalue weighted by Crippen LogP contribution is -2.17. The Bertz CT molecular complexity index is 383. The Balaban J connectivity index is 2.62. The molecule has 0 aliphatic heterocycles. The van der Waals surface area contributed by atoms with Crippen molar-refractivity contribution in [2.75, 3.05) is 6.61 Å². The highest BCUT2D eigenvalue weighted by molar-refractivity contribution is 9.10. The molecule has 0 aliphatic rings. The number of hydrogen-bond donors (Lipinski definition) is 0. The maximum atomic E-state index is 11.3. The summed E-state index contributed by atoms with van der Waals surface area (Å²) in [5, 5.41) is 10.8. The highest BCUT2D eigenvalue weighted by Gasteiger charge is 2.20. The summed E-state index contributed by atoms with van der Waals surface area (Å²) in [5.41, 5.74) is 0. The topological polar surface area (TPSA) is 50.1 Å². The first-order valence-corrected chi connectivity index (χ1v) is 6.13. The van der Waals surface area contributed by atoms with Crippen LogP contribution in [0, 0.1) is 17.2 Å². The molecule has 0 bridgehead atoms. The van der Waals surface area contributed by atoms with Gasteiger partial charge in [-0.3, -0.25) is 4.79 Å². The summed E-state index contributed by atoms with van der Waals surface area (Å²) in [6, 6.07) is 3.87. The van der Waals surface area contributed by atoms with Crippen molar-refractivity contribution in [3.8, 4) is 6.07 Å². The minimum atomic E-state index is -0.699. The summed E-state index contributed by atoms with van der Waals surface area (Å²) < 4.78 is 5.78. The fraction of sp³-hybridized carbons (Fsp3) is 0.400. The predicted octanol–water partition coefficient (Wildman–Crippen LogP) is 2.76. The van der Waals surface area contributed by atoms with Gasteiger partial charge in [-0.25, -0.2) is 0 Å². The van der Waals surface area contributed by atoms with E-state index in [1.54, 1.807) is 6.92 Å². The van der Waals surface area contributed by atoms with Crippen LogP contribution in [0.25, 0.3) is 0 Å². The number of esters is 1. The van der Waals surface area contributed by atoms with Crippen molar-refractivity contribution >= 4 is 33.2 Å². The van der Waals surface area contributed by atoms with Crippen LogP contribution in [0.3, 0.4) is 0 Å². The Morgan fingerprint density at radius 1 is 1.80 bits per heavy atom. The van der Waals surface area contributed by atoms with Crippen LogP contribution in [0.4, 0.5) is 0 Å². The third-order valence-corrected chi connectivity index (χ3v) is 3.47. The third-order valence-electron chi connectivity index (χ3n) is 1.75. The lowest BCUT2D eigenvalue weighted by molar-refractivity contribution is -0.145. The van der Waals surface area contributed by atoms with Crippen molar-refractivity contribution in [2.45, 2.75) is 13.3 Å². The van der Waals surface area contributed by atoms with Crippen molar-refractivity contribution in [2.24, 2.45) is 5.92 Å². The number of rotatable bonds is 4. The molecule has 0 amide bonds. The molecule has 1 heterocycles. The van der Waals surface area contributed by atoms with Gasteiger partial charge in [-0.05, 0) is 28.9 Å². The van der Waals surface area contributed by atoms with Gasteiger partial charge < -0.3 is 4.74 Å². The summed E-state index contributed by atoms with van der Waals surface area (Å²) in [6.07, 6.45) is 0.422. The third kappa shape index (κ3) is 3.65. The van der Waals surface area contributed by atoms with Crippen LogP contribution in [-0.2, 0) is 16.0 Å². The number of hydrogen-bond acceptors (Lipinski definition) is 4. The van der Waals surface area contributed by atoms with E-state index in [0.29, 0.717) is 13.0 Å².